The van der Waals surface area contributed by atoms with Gasteiger partial charge in [0.2, 0.25) is 0 Å². The second-order valence-corrected chi connectivity index (χ2v) is 7.29. The number of pyridine rings is 1. The zero-order valence-electron chi connectivity index (χ0n) is 17.8. The average molecular weight is 523 g/mol. The molecule has 0 atom stereocenters. The number of nitrogens with zero attached hydrogens (tertiary/aromatic N) is 3. The van der Waals surface area contributed by atoms with Crippen LogP contribution in [-0.2, 0) is 6.54 Å². The average Bonchev–Trinajstić information content (AvgIpc) is 3.06. The molecule has 1 saturated heterocycles. The SMILES string of the molecule is CN=C(NCCCOc1ccccc1)NCc1ccnc(N2CCCCCC2)c1.I. The predicted molar refractivity (Wildman–Crippen MR) is 135 cm³/mol. The van der Waals surface area contributed by atoms with Gasteiger partial charge in [-0.1, -0.05) is 31.0 Å². The van der Waals surface area contributed by atoms with E-state index in [0.717, 1.165) is 50.1 Å². The predicted octanol–water partition coefficient (Wildman–Crippen LogP) is 4.21. The second kappa shape index (κ2) is 14.1. The summed E-state index contributed by atoms with van der Waals surface area (Å²) >= 11 is 0. The molecule has 1 aromatic carbocycles. The summed E-state index contributed by atoms with van der Waals surface area (Å²) < 4.78 is 5.72. The Labute approximate surface area is 197 Å². The highest BCUT2D eigenvalue weighted by Gasteiger charge is 2.11. The van der Waals surface area contributed by atoms with Crippen LogP contribution in [0.1, 0.15) is 37.7 Å². The summed E-state index contributed by atoms with van der Waals surface area (Å²) in [4.78, 5) is 11.3. The molecular weight excluding hydrogens is 489 g/mol. The molecule has 0 bridgehead atoms. The Bertz CT molecular complexity index is 748. The van der Waals surface area contributed by atoms with Gasteiger partial charge in [0.1, 0.15) is 11.6 Å². The maximum atomic E-state index is 5.72. The molecule has 0 saturated carbocycles. The number of aromatic nitrogens is 1. The summed E-state index contributed by atoms with van der Waals surface area (Å²) in [5.74, 6) is 2.80. The number of anilines is 1. The third-order valence-corrected chi connectivity index (χ3v) is 5.05. The van der Waals surface area contributed by atoms with E-state index >= 15 is 0 Å². The molecule has 2 N–H and O–H groups in total. The van der Waals surface area contributed by atoms with E-state index in [4.69, 9.17) is 4.74 Å². The van der Waals surface area contributed by atoms with Crippen LogP contribution < -0.4 is 20.3 Å². The van der Waals surface area contributed by atoms with E-state index in [-0.39, 0.29) is 24.0 Å². The summed E-state index contributed by atoms with van der Waals surface area (Å²) in [6, 6.07) is 14.2. The molecule has 0 amide bonds. The zero-order valence-corrected chi connectivity index (χ0v) is 20.2. The first-order chi connectivity index (χ1) is 14.3. The molecular formula is C23H34IN5O. The number of hydrogen-bond donors (Lipinski definition) is 2. The van der Waals surface area contributed by atoms with Gasteiger partial charge in [-0.2, -0.15) is 0 Å². The monoisotopic (exact) mass is 523 g/mol. The Kier molecular flexibility index (Phi) is 11.4. The van der Waals surface area contributed by atoms with Crippen LogP contribution in [0.5, 0.6) is 5.75 Å². The molecule has 164 valence electrons. The molecule has 6 nitrogen and oxygen atoms in total. The standard InChI is InChI=1S/C23H33N5O.HI/c1-24-23(26-13-9-17-29-21-10-5-4-6-11-21)27-19-20-12-14-25-22(18-20)28-15-7-2-3-8-16-28;/h4-6,10-12,14,18H,2-3,7-9,13,15-17,19H2,1H3,(H2,24,26,27);1H. The molecule has 0 spiro atoms. The van der Waals surface area contributed by atoms with Gasteiger partial charge in [0, 0.05) is 39.4 Å². The van der Waals surface area contributed by atoms with E-state index in [1.165, 1.54) is 31.2 Å². The highest BCUT2D eigenvalue weighted by atomic mass is 127. The van der Waals surface area contributed by atoms with Gasteiger partial charge in [-0.3, -0.25) is 4.99 Å². The van der Waals surface area contributed by atoms with Crippen LogP contribution in [0.2, 0.25) is 0 Å². The van der Waals surface area contributed by atoms with Crippen molar-refractivity contribution < 1.29 is 4.74 Å². The largest absolute Gasteiger partial charge is 0.494 e. The van der Waals surface area contributed by atoms with Crippen LogP contribution in [0.4, 0.5) is 5.82 Å². The molecule has 1 aliphatic heterocycles. The van der Waals surface area contributed by atoms with E-state index in [0.29, 0.717) is 6.61 Å². The summed E-state index contributed by atoms with van der Waals surface area (Å²) in [5, 5.41) is 6.73. The molecule has 0 radical (unpaired) electrons. The summed E-state index contributed by atoms with van der Waals surface area (Å²) in [5.41, 5.74) is 1.22. The first kappa shape index (κ1) is 24.2. The topological polar surface area (TPSA) is 61.8 Å². The number of para-hydroxylation sites is 1. The fourth-order valence-electron chi connectivity index (χ4n) is 3.44. The van der Waals surface area contributed by atoms with Crippen LogP contribution >= 0.6 is 24.0 Å². The summed E-state index contributed by atoms with van der Waals surface area (Å²) in [7, 11) is 1.80. The van der Waals surface area contributed by atoms with Gasteiger partial charge in [0.15, 0.2) is 5.96 Å². The van der Waals surface area contributed by atoms with Gasteiger partial charge in [-0.15, -0.1) is 24.0 Å². The van der Waals surface area contributed by atoms with E-state index in [1.54, 1.807) is 7.05 Å². The van der Waals surface area contributed by atoms with Crippen LogP contribution in [0.15, 0.2) is 53.7 Å². The van der Waals surface area contributed by atoms with Crippen molar-refractivity contribution in [2.75, 3.05) is 38.2 Å². The van der Waals surface area contributed by atoms with Gasteiger partial charge in [-0.25, -0.2) is 4.98 Å². The van der Waals surface area contributed by atoms with Crippen molar-refractivity contribution in [3.05, 3.63) is 54.2 Å². The van der Waals surface area contributed by atoms with Crippen LogP contribution in [-0.4, -0.2) is 44.2 Å². The Morgan fingerprint density at radius 3 is 2.57 bits per heavy atom. The van der Waals surface area contributed by atoms with Gasteiger partial charge in [-0.05, 0) is 49.1 Å². The number of rotatable bonds is 8. The first-order valence-electron chi connectivity index (χ1n) is 10.7. The molecule has 1 aliphatic rings. The molecule has 7 heteroatoms. The quantitative estimate of drug-likeness (QED) is 0.235. The number of hydrogen-bond acceptors (Lipinski definition) is 4. The summed E-state index contributed by atoms with van der Waals surface area (Å²) in [6.07, 6.45) is 7.99. The molecule has 2 aromatic rings. The van der Waals surface area contributed by atoms with Crippen molar-refractivity contribution in [1.29, 1.82) is 0 Å². The Hall–Kier alpha value is -2.03. The first-order valence-corrected chi connectivity index (χ1v) is 10.7. The number of benzene rings is 1. The van der Waals surface area contributed by atoms with Gasteiger partial charge >= 0.3 is 0 Å². The third-order valence-electron chi connectivity index (χ3n) is 5.05. The lowest BCUT2D eigenvalue weighted by molar-refractivity contribution is 0.311. The highest BCUT2D eigenvalue weighted by molar-refractivity contribution is 14.0. The maximum Gasteiger partial charge on any atom is 0.191 e. The molecule has 3 rings (SSSR count). The van der Waals surface area contributed by atoms with Crippen molar-refractivity contribution in [3.63, 3.8) is 0 Å². The lowest BCUT2D eigenvalue weighted by Crippen LogP contribution is -2.37. The third kappa shape index (κ3) is 8.38. The smallest absolute Gasteiger partial charge is 0.191 e. The Balaban J connectivity index is 0.00000320. The number of nitrogens with one attached hydrogen (secondary N) is 2. The van der Waals surface area contributed by atoms with Crippen molar-refractivity contribution in [1.82, 2.24) is 15.6 Å². The molecule has 30 heavy (non-hydrogen) atoms. The van der Waals surface area contributed by atoms with E-state index in [1.807, 2.05) is 36.5 Å². The van der Waals surface area contributed by atoms with Gasteiger partial charge < -0.3 is 20.3 Å². The van der Waals surface area contributed by atoms with Crippen LogP contribution in [0.3, 0.4) is 0 Å². The fourth-order valence-corrected chi connectivity index (χ4v) is 3.44. The molecule has 1 fully saturated rings. The van der Waals surface area contributed by atoms with E-state index in [2.05, 4.69) is 37.6 Å². The van der Waals surface area contributed by atoms with Gasteiger partial charge in [0.25, 0.3) is 0 Å². The Morgan fingerprint density at radius 2 is 1.83 bits per heavy atom. The lowest BCUT2D eigenvalue weighted by atomic mass is 10.2. The second-order valence-electron chi connectivity index (χ2n) is 7.29. The number of halogens is 1. The number of ether oxygens (including phenoxy) is 1. The molecule has 0 unspecified atom stereocenters. The lowest BCUT2D eigenvalue weighted by Gasteiger charge is -2.22. The van der Waals surface area contributed by atoms with Gasteiger partial charge in [0.05, 0.1) is 6.61 Å². The minimum Gasteiger partial charge on any atom is -0.494 e. The van der Waals surface area contributed by atoms with Crippen molar-refractivity contribution in [2.24, 2.45) is 4.99 Å². The van der Waals surface area contributed by atoms with Crippen LogP contribution in [0.25, 0.3) is 0 Å². The van der Waals surface area contributed by atoms with E-state index < -0.39 is 0 Å². The minimum atomic E-state index is 0. The summed E-state index contributed by atoms with van der Waals surface area (Å²) in [6.45, 7) is 4.43. The van der Waals surface area contributed by atoms with Crippen molar-refractivity contribution in [3.8, 4) is 5.75 Å². The van der Waals surface area contributed by atoms with Crippen molar-refractivity contribution >= 4 is 35.8 Å². The Morgan fingerprint density at radius 1 is 1.07 bits per heavy atom. The highest BCUT2D eigenvalue weighted by Crippen LogP contribution is 2.18. The molecule has 0 aliphatic carbocycles. The minimum absolute atomic E-state index is 0. The zero-order chi connectivity index (χ0) is 20.2. The number of aliphatic imine (C=N–C) groups is 1. The number of guanidine groups is 1. The normalized spacial score (nSPS) is 14.4. The maximum absolute atomic E-state index is 5.72. The van der Waals surface area contributed by atoms with E-state index in [9.17, 15) is 0 Å². The fraction of sp³-hybridized carbons (Fsp3) is 0.478. The van der Waals surface area contributed by atoms with Crippen LogP contribution in [0, 0.1) is 0 Å². The molecule has 1 aromatic heterocycles. The van der Waals surface area contributed by atoms with Crippen molar-refractivity contribution in [2.45, 2.75) is 38.6 Å². The molecule has 2 heterocycles.